The molecule has 0 fully saturated rings. The minimum absolute atomic E-state index is 0.00396. The molecule has 0 saturated carbocycles. The topological polar surface area (TPSA) is 149 Å². The molecule has 12 heteroatoms. The number of rotatable bonds is 13. The molecule has 1 rings (SSSR count). The van der Waals surface area contributed by atoms with Crippen molar-refractivity contribution < 1.29 is 42.1 Å². The summed E-state index contributed by atoms with van der Waals surface area (Å²) in [4.78, 5) is 38.3. The Labute approximate surface area is 244 Å². The van der Waals surface area contributed by atoms with Crippen LogP contribution in [0.25, 0.3) is 6.08 Å². The third-order valence-corrected chi connectivity index (χ3v) is 7.86. The van der Waals surface area contributed by atoms with Crippen LogP contribution in [0.15, 0.2) is 29.8 Å². The molecule has 0 radical (unpaired) electrons. The fraction of sp³-hybridized carbons (Fsp3) is 0.621. The van der Waals surface area contributed by atoms with Crippen LogP contribution in [0.1, 0.15) is 66.5 Å². The highest BCUT2D eigenvalue weighted by Gasteiger charge is 2.38. The monoisotopic (exact) mass is 598 g/mol. The van der Waals surface area contributed by atoms with Gasteiger partial charge in [0.15, 0.2) is 9.84 Å². The number of aliphatic hydroxyl groups is 1. The number of hydrogen-bond donors (Lipinski definition) is 2. The normalized spacial score (nSPS) is 14.1. The van der Waals surface area contributed by atoms with E-state index >= 15 is 0 Å². The lowest BCUT2D eigenvalue weighted by Gasteiger charge is -2.33. The van der Waals surface area contributed by atoms with Crippen molar-refractivity contribution in [2.45, 2.75) is 66.4 Å². The number of nitrogens with one attached hydrogen (secondary N) is 1. The number of benzene rings is 1. The zero-order chi connectivity index (χ0) is 31.6. The maximum Gasteiger partial charge on any atom is 0.428 e. The van der Waals surface area contributed by atoms with E-state index in [0.29, 0.717) is 16.7 Å². The number of aliphatic hydroxyl groups excluding tert-OH is 1. The molecule has 0 saturated heterocycles. The Morgan fingerprint density at radius 1 is 1.07 bits per heavy atom. The standard InChI is InChI=1S/C29H46N2O9S/c1-10-39-24(33)21(2)16-22-12-11-13-23(17-22)29(8,25(34)30-31(9)26(35)40-27(3,4)5)19-38-18-28(6,7)20-41(36,37)15-14-32/h11-13,16-17,32H,10,14-15,18-20H2,1-9H3,(H,30,34)/b21-16+. The summed E-state index contributed by atoms with van der Waals surface area (Å²) >= 11 is 0. The van der Waals surface area contributed by atoms with E-state index in [-0.39, 0.29) is 31.3 Å². The molecule has 2 N–H and O–H groups in total. The maximum absolute atomic E-state index is 13.7. The summed E-state index contributed by atoms with van der Waals surface area (Å²) < 4.78 is 40.9. The first kappa shape index (κ1) is 36.1. The Morgan fingerprint density at radius 3 is 2.27 bits per heavy atom. The van der Waals surface area contributed by atoms with Crippen molar-refractivity contribution in [1.82, 2.24) is 10.4 Å². The van der Waals surface area contributed by atoms with Crippen molar-refractivity contribution in [3.63, 3.8) is 0 Å². The summed E-state index contributed by atoms with van der Waals surface area (Å²) in [5.41, 5.74) is 1.18. The van der Waals surface area contributed by atoms with Gasteiger partial charge in [-0.1, -0.05) is 38.1 Å². The first-order valence-electron chi connectivity index (χ1n) is 13.4. The van der Waals surface area contributed by atoms with E-state index in [1.807, 2.05) is 0 Å². The van der Waals surface area contributed by atoms with E-state index in [9.17, 15) is 22.8 Å². The largest absolute Gasteiger partial charge is 0.463 e. The molecule has 232 valence electrons. The van der Waals surface area contributed by atoms with Gasteiger partial charge in [0.05, 0.1) is 43.3 Å². The van der Waals surface area contributed by atoms with Crippen molar-refractivity contribution in [3.05, 3.63) is 41.0 Å². The van der Waals surface area contributed by atoms with E-state index in [1.165, 1.54) is 7.05 Å². The number of nitrogens with zero attached hydrogens (tertiary/aromatic N) is 1. The average Bonchev–Trinajstić information content (AvgIpc) is 2.82. The predicted molar refractivity (Wildman–Crippen MR) is 157 cm³/mol. The van der Waals surface area contributed by atoms with Crippen molar-refractivity contribution in [1.29, 1.82) is 0 Å². The van der Waals surface area contributed by atoms with Crippen LogP contribution in [0.3, 0.4) is 0 Å². The zero-order valence-electron chi connectivity index (χ0n) is 25.7. The highest BCUT2D eigenvalue weighted by atomic mass is 32.2. The fourth-order valence-corrected chi connectivity index (χ4v) is 5.53. The van der Waals surface area contributed by atoms with Gasteiger partial charge in [0, 0.05) is 18.0 Å². The lowest BCUT2D eigenvalue weighted by Crippen LogP contribution is -2.53. The Kier molecular flexibility index (Phi) is 13.0. The number of esters is 1. The van der Waals surface area contributed by atoms with Gasteiger partial charge in [-0.15, -0.1) is 0 Å². The Bertz CT molecular complexity index is 1200. The highest BCUT2D eigenvalue weighted by Crippen LogP contribution is 2.28. The predicted octanol–water partition coefficient (Wildman–Crippen LogP) is 3.26. The number of ether oxygens (including phenoxy) is 3. The van der Waals surface area contributed by atoms with E-state index in [4.69, 9.17) is 19.3 Å². The smallest absolute Gasteiger partial charge is 0.428 e. The molecule has 1 aromatic carbocycles. The van der Waals surface area contributed by atoms with E-state index in [1.54, 1.807) is 85.7 Å². The van der Waals surface area contributed by atoms with Crippen molar-refractivity contribution in [2.24, 2.45) is 5.41 Å². The summed E-state index contributed by atoms with van der Waals surface area (Å²) in [6, 6.07) is 6.96. The molecule has 41 heavy (non-hydrogen) atoms. The van der Waals surface area contributed by atoms with Crippen molar-refractivity contribution in [3.8, 4) is 0 Å². The summed E-state index contributed by atoms with van der Waals surface area (Å²) in [6.07, 6.45) is 0.883. The number of hydrogen-bond acceptors (Lipinski definition) is 9. The second kappa shape index (κ2) is 14.8. The molecule has 0 aliphatic rings. The number of hydrazine groups is 1. The van der Waals surface area contributed by atoms with Crippen LogP contribution in [-0.4, -0.2) is 87.1 Å². The van der Waals surface area contributed by atoms with Gasteiger partial charge in [-0.3, -0.25) is 10.2 Å². The van der Waals surface area contributed by atoms with Crippen LogP contribution < -0.4 is 5.43 Å². The summed E-state index contributed by atoms with van der Waals surface area (Å²) in [5.74, 6) is -1.59. The summed E-state index contributed by atoms with van der Waals surface area (Å²) in [7, 11) is -2.14. The van der Waals surface area contributed by atoms with Crippen LogP contribution in [0.4, 0.5) is 4.79 Å². The van der Waals surface area contributed by atoms with Crippen LogP contribution in [-0.2, 0) is 39.1 Å². The molecule has 11 nitrogen and oxygen atoms in total. The van der Waals surface area contributed by atoms with Crippen molar-refractivity contribution >= 4 is 33.9 Å². The van der Waals surface area contributed by atoms with Gasteiger partial charge in [-0.2, -0.15) is 0 Å². The molecular weight excluding hydrogens is 552 g/mol. The van der Waals surface area contributed by atoms with Gasteiger partial charge in [0.25, 0.3) is 5.91 Å². The van der Waals surface area contributed by atoms with Gasteiger partial charge in [0.1, 0.15) is 5.60 Å². The molecular formula is C29H46N2O9S. The van der Waals surface area contributed by atoms with E-state index in [2.05, 4.69) is 5.43 Å². The van der Waals surface area contributed by atoms with Gasteiger partial charge >= 0.3 is 12.1 Å². The molecule has 0 spiro atoms. The van der Waals surface area contributed by atoms with Gasteiger partial charge < -0.3 is 19.3 Å². The second-order valence-electron chi connectivity index (χ2n) is 12.0. The van der Waals surface area contributed by atoms with Gasteiger partial charge in [-0.05, 0) is 58.7 Å². The van der Waals surface area contributed by atoms with Crippen molar-refractivity contribution in [2.75, 3.05) is 45.0 Å². The molecule has 1 unspecified atom stereocenters. The van der Waals surface area contributed by atoms with Crippen LogP contribution in [0, 0.1) is 5.41 Å². The average molecular weight is 599 g/mol. The lowest BCUT2D eigenvalue weighted by molar-refractivity contribution is -0.138. The van der Waals surface area contributed by atoms with E-state index < -0.39 is 50.8 Å². The third-order valence-electron chi connectivity index (χ3n) is 5.84. The maximum atomic E-state index is 13.7. The molecule has 0 bridgehead atoms. The molecule has 0 aromatic heterocycles. The number of carbonyl (C=O) groups excluding carboxylic acids is 3. The molecule has 0 aliphatic heterocycles. The van der Waals surface area contributed by atoms with Crippen LogP contribution in [0.2, 0.25) is 0 Å². The Hall–Kier alpha value is -2.96. The number of carbonyl (C=O) groups is 3. The first-order valence-corrected chi connectivity index (χ1v) is 15.2. The number of sulfone groups is 1. The van der Waals surface area contributed by atoms with Gasteiger partial charge in [0.2, 0.25) is 0 Å². The first-order chi connectivity index (χ1) is 18.7. The van der Waals surface area contributed by atoms with Crippen LogP contribution in [0.5, 0.6) is 0 Å². The molecule has 0 heterocycles. The summed E-state index contributed by atoms with van der Waals surface area (Å²) in [5, 5.41) is 10.0. The number of amides is 2. The third kappa shape index (κ3) is 12.2. The summed E-state index contributed by atoms with van der Waals surface area (Å²) in [6.45, 7) is 13.2. The highest BCUT2D eigenvalue weighted by molar-refractivity contribution is 7.91. The molecule has 0 aliphatic carbocycles. The Balaban J connectivity index is 3.34. The molecule has 1 aromatic rings. The lowest BCUT2D eigenvalue weighted by atomic mass is 9.81. The minimum Gasteiger partial charge on any atom is -0.463 e. The van der Waals surface area contributed by atoms with E-state index in [0.717, 1.165) is 5.01 Å². The quantitative estimate of drug-likeness (QED) is 0.198. The molecule has 2 amide bonds. The van der Waals surface area contributed by atoms with Gasteiger partial charge in [-0.25, -0.2) is 23.0 Å². The SMILES string of the molecule is CCOC(=O)/C(C)=C/c1cccc(C(C)(COCC(C)(C)CS(=O)(=O)CCO)C(=O)NN(C)C(=O)OC(C)(C)C)c1. The second-order valence-corrected chi connectivity index (χ2v) is 14.1. The fourth-order valence-electron chi connectivity index (χ4n) is 3.84. The zero-order valence-corrected chi connectivity index (χ0v) is 26.5. The minimum atomic E-state index is -3.50. The Morgan fingerprint density at radius 2 is 1.71 bits per heavy atom. The van der Waals surface area contributed by atoms with Crippen LogP contribution >= 0.6 is 0 Å². The molecule has 1 atom stereocenters.